The predicted molar refractivity (Wildman–Crippen MR) is 58.9 cm³/mol. The molecule has 0 aliphatic heterocycles. The first-order valence-electron chi connectivity index (χ1n) is 5.41. The fourth-order valence-corrected chi connectivity index (χ4v) is 1.55. The second kappa shape index (κ2) is 6.41. The summed E-state index contributed by atoms with van der Waals surface area (Å²) >= 11 is 0. The quantitative estimate of drug-likeness (QED) is 0.683. The first-order chi connectivity index (χ1) is 6.83. The zero-order chi connectivity index (χ0) is 10.2. The number of carbonyl (C=O) groups excluding carboxylic acids is 1. The van der Waals surface area contributed by atoms with E-state index in [1.165, 1.54) is 12.8 Å². The van der Waals surface area contributed by atoms with Gasteiger partial charge in [-0.2, -0.15) is 0 Å². The van der Waals surface area contributed by atoms with Gasteiger partial charge in [0.25, 0.3) is 0 Å². The zero-order valence-corrected chi connectivity index (χ0v) is 8.83. The molecule has 1 aliphatic rings. The van der Waals surface area contributed by atoms with Gasteiger partial charge >= 0.3 is 0 Å². The third-order valence-electron chi connectivity index (χ3n) is 2.46. The lowest BCUT2D eigenvalue weighted by Crippen LogP contribution is -2.22. The van der Waals surface area contributed by atoms with E-state index in [0.29, 0.717) is 18.9 Å². The van der Waals surface area contributed by atoms with Gasteiger partial charge in [0.1, 0.15) is 0 Å². The van der Waals surface area contributed by atoms with Crippen LogP contribution in [0.5, 0.6) is 0 Å². The average Bonchev–Trinajstić information content (AvgIpc) is 2.25. The van der Waals surface area contributed by atoms with Crippen LogP contribution in [-0.2, 0) is 4.79 Å². The molecule has 0 saturated heterocycles. The summed E-state index contributed by atoms with van der Waals surface area (Å²) in [5.74, 6) is 0.803. The van der Waals surface area contributed by atoms with E-state index in [9.17, 15) is 4.79 Å². The van der Waals surface area contributed by atoms with Crippen molar-refractivity contribution in [3.05, 3.63) is 24.3 Å². The molecule has 0 saturated carbocycles. The average molecular weight is 193 g/mol. The summed E-state index contributed by atoms with van der Waals surface area (Å²) in [6.07, 6.45) is 12.9. The monoisotopic (exact) mass is 193 g/mol. The number of hydrogen-bond donors (Lipinski definition) is 1. The third kappa shape index (κ3) is 4.26. The first kappa shape index (κ1) is 11.0. The molecule has 1 aliphatic carbocycles. The fraction of sp³-hybridized carbons (Fsp3) is 0.583. The number of amides is 1. The van der Waals surface area contributed by atoms with E-state index in [-0.39, 0.29) is 5.91 Å². The highest BCUT2D eigenvalue weighted by molar-refractivity contribution is 5.75. The molecule has 0 aromatic carbocycles. The number of allylic oxidation sites excluding steroid dienone is 3. The van der Waals surface area contributed by atoms with Crippen LogP contribution >= 0.6 is 0 Å². The number of rotatable bonds is 4. The van der Waals surface area contributed by atoms with E-state index in [4.69, 9.17) is 0 Å². The maximum Gasteiger partial charge on any atom is 0.219 e. The van der Waals surface area contributed by atoms with E-state index >= 15 is 0 Å². The highest BCUT2D eigenvalue weighted by Crippen LogP contribution is 2.18. The molecule has 0 radical (unpaired) electrons. The molecular formula is C12H19NO. The van der Waals surface area contributed by atoms with Crippen LogP contribution in [0.15, 0.2) is 24.3 Å². The molecule has 2 nitrogen and oxygen atoms in total. The molecule has 2 heteroatoms. The molecule has 1 N–H and O–H groups in total. The number of carbonyl (C=O) groups is 1. The Bertz CT molecular complexity index is 230. The summed E-state index contributed by atoms with van der Waals surface area (Å²) in [6.45, 7) is 2.54. The molecule has 1 rings (SSSR count). The van der Waals surface area contributed by atoms with E-state index in [1.807, 2.05) is 6.92 Å². The minimum absolute atomic E-state index is 0.123. The molecule has 1 unspecified atom stereocenters. The molecule has 1 atom stereocenters. The van der Waals surface area contributed by atoms with Crippen molar-refractivity contribution in [1.82, 2.24) is 5.32 Å². The van der Waals surface area contributed by atoms with E-state index in [2.05, 4.69) is 29.6 Å². The van der Waals surface area contributed by atoms with E-state index in [0.717, 1.165) is 6.42 Å². The zero-order valence-electron chi connectivity index (χ0n) is 8.83. The standard InChI is InChI=1S/C12H19NO/c1-2-12(14)13-10-6-9-11-7-4-3-5-8-11/h3-4,6,9,11H,2,5,7-8,10H2,1H3,(H,13,14)/b9-6-. The molecule has 0 fully saturated rings. The molecule has 0 bridgehead atoms. The molecule has 78 valence electrons. The molecule has 0 heterocycles. The minimum Gasteiger partial charge on any atom is -0.353 e. The van der Waals surface area contributed by atoms with Crippen LogP contribution in [0.1, 0.15) is 32.6 Å². The molecule has 0 spiro atoms. The van der Waals surface area contributed by atoms with Gasteiger partial charge in [-0.3, -0.25) is 4.79 Å². The lowest BCUT2D eigenvalue weighted by molar-refractivity contribution is -0.120. The van der Waals surface area contributed by atoms with E-state index < -0.39 is 0 Å². The van der Waals surface area contributed by atoms with Crippen molar-refractivity contribution in [3.8, 4) is 0 Å². The Morgan fingerprint density at radius 3 is 3.07 bits per heavy atom. The third-order valence-corrected chi connectivity index (χ3v) is 2.46. The lowest BCUT2D eigenvalue weighted by atomic mass is 9.94. The first-order valence-corrected chi connectivity index (χ1v) is 5.41. The Labute approximate surface area is 86.1 Å². The molecule has 0 aromatic heterocycles. The topological polar surface area (TPSA) is 29.1 Å². The van der Waals surface area contributed by atoms with Crippen LogP contribution < -0.4 is 5.32 Å². The molecular weight excluding hydrogens is 174 g/mol. The predicted octanol–water partition coefficient (Wildman–Crippen LogP) is 2.43. The molecule has 1 amide bonds. The van der Waals surface area contributed by atoms with Gasteiger partial charge in [-0.25, -0.2) is 0 Å². The normalized spacial score (nSPS) is 21.4. The van der Waals surface area contributed by atoms with Gasteiger partial charge in [0.15, 0.2) is 0 Å². The molecule has 0 aromatic rings. The fourth-order valence-electron chi connectivity index (χ4n) is 1.55. The van der Waals surface area contributed by atoms with Crippen LogP contribution in [0.2, 0.25) is 0 Å². The second-order valence-electron chi connectivity index (χ2n) is 3.63. The molecule has 14 heavy (non-hydrogen) atoms. The smallest absolute Gasteiger partial charge is 0.219 e. The van der Waals surface area contributed by atoms with Gasteiger partial charge in [-0.1, -0.05) is 31.2 Å². The summed E-state index contributed by atoms with van der Waals surface area (Å²) in [6, 6.07) is 0. The van der Waals surface area contributed by atoms with Crippen LogP contribution in [0.3, 0.4) is 0 Å². The Morgan fingerprint density at radius 1 is 1.57 bits per heavy atom. The van der Waals surface area contributed by atoms with Gasteiger partial charge in [0.05, 0.1) is 0 Å². The van der Waals surface area contributed by atoms with Crippen molar-refractivity contribution in [1.29, 1.82) is 0 Å². The largest absolute Gasteiger partial charge is 0.353 e. The highest BCUT2D eigenvalue weighted by Gasteiger charge is 2.04. The van der Waals surface area contributed by atoms with Crippen molar-refractivity contribution in [2.75, 3.05) is 6.54 Å². The van der Waals surface area contributed by atoms with Gasteiger partial charge in [-0.15, -0.1) is 0 Å². The number of hydrogen-bond acceptors (Lipinski definition) is 1. The SMILES string of the molecule is CCC(=O)NC/C=C\C1CC=CCC1. The van der Waals surface area contributed by atoms with Gasteiger partial charge < -0.3 is 5.32 Å². The maximum absolute atomic E-state index is 10.9. The van der Waals surface area contributed by atoms with Crippen molar-refractivity contribution in [2.24, 2.45) is 5.92 Å². The minimum atomic E-state index is 0.123. The number of nitrogens with one attached hydrogen (secondary N) is 1. The van der Waals surface area contributed by atoms with Crippen LogP contribution in [-0.4, -0.2) is 12.5 Å². The highest BCUT2D eigenvalue weighted by atomic mass is 16.1. The summed E-state index contributed by atoms with van der Waals surface area (Å²) in [5, 5.41) is 2.83. The Balaban J connectivity index is 2.13. The van der Waals surface area contributed by atoms with Crippen LogP contribution in [0.25, 0.3) is 0 Å². The summed E-state index contributed by atoms with van der Waals surface area (Å²) in [4.78, 5) is 10.9. The van der Waals surface area contributed by atoms with Crippen LogP contribution in [0, 0.1) is 5.92 Å². The summed E-state index contributed by atoms with van der Waals surface area (Å²) in [7, 11) is 0. The summed E-state index contributed by atoms with van der Waals surface area (Å²) in [5.41, 5.74) is 0. The van der Waals surface area contributed by atoms with Gasteiger partial charge in [0, 0.05) is 13.0 Å². The van der Waals surface area contributed by atoms with Crippen molar-refractivity contribution >= 4 is 5.91 Å². The Morgan fingerprint density at radius 2 is 2.43 bits per heavy atom. The van der Waals surface area contributed by atoms with Gasteiger partial charge in [0.2, 0.25) is 5.91 Å². The van der Waals surface area contributed by atoms with Crippen LogP contribution in [0.4, 0.5) is 0 Å². The van der Waals surface area contributed by atoms with Crippen molar-refractivity contribution in [2.45, 2.75) is 32.6 Å². The lowest BCUT2D eigenvalue weighted by Gasteiger charge is -2.12. The van der Waals surface area contributed by atoms with Gasteiger partial charge in [-0.05, 0) is 25.2 Å². The Kier molecular flexibility index (Phi) is 5.05. The van der Waals surface area contributed by atoms with Crippen molar-refractivity contribution < 1.29 is 4.79 Å². The maximum atomic E-state index is 10.9. The van der Waals surface area contributed by atoms with Crippen molar-refractivity contribution in [3.63, 3.8) is 0 Å². The van der Waals surface area contributed by atoms with E-state index in [1.54, 1.807) is 0 Å². The summed E-state index contributed by atoms with van der Waals surface area (Å²) < 4.78 is 0. The Hall–Kier alpha value is -1.05. The second-order valence-corrected chi connectivity index (χ2v) is 3.63.